The topological polar surface area (TPSA) is 31.8 Å². The van der Waals surface area contributed by atoms with Crippen LogP contribution < -0.4 is 4.90 Å². The van der Waals surface area contributed by atoms with E-state index in [-0.39, 0.29) is 0 Å². The van der Waals surface area contributed by atoms with Crippen molar-refractivity contribution in [2.24, 2.45) is 10.8 Å². The molecule has 0 aromatic carbocycles. The first kappa shape index (κ1) is 21.4. The average molecular weight is 419 g/mol. The lowest BCUT2D eigenvalue weighted by molar-refractivity contribution is 0.105. The minimum atomic E-state index is 0.446. The van der Waals surface area contributed by atoms with E-state index in [4.69, 9.17) is 9.72 Å². The number of piperidine rings is 1. The summed E-state index contributed by atoms with van der Waals surface area (Å²) < 4.78 is 8.02. The van der Waals surface area contributed by atoms with Crippen molar-refractivity contribution in [1.29, 1.82) is 0 Å². The zero-order valence-corrected chi connectivity index (χ0v) is 19.3. The van der Waals surface area contributed by atoms with Gasteiger partial charge in [0.25, 0.3) is 0 Å². The van der Waals surface area contributed by atoms with E-state index < -0.39 is 0 Å². The first-order chi connectivity index (χ1) is 13.9. The van der Waals surface area contributed by atoms with Crippen LogP contribution in [0.1, 0.15) is 46.5 Å². The van der Waals surface area contributed by atoms with Gasteiger partial charge in [-0.25, -0.2) is 9.29 Å². The largest absolute Gasteiger partial charge is 0.378 e. The lowest BCUT2D eigenvalue weighted by Gasteiger charge is -2.40. The predicted molar refractivity (Wildman–Crippen MR) is 121 cm³/mol. The molecule has 4 heterocycles. The van der Waals surface area contributed by atoms with Crippen LogP contribution in [0.2, 0.25) is 0 Å². The Morgan fingerprint density at radius 3 is 2.41 bits per heavy atom. The molecule has 0 saturated carbocycles. The van der Waals surface area contributed by atoms with E-state index in [1.807, 2.05) is 11.9 Å². The minimum absolute atomic E-state index is 0.446. The van der Waals surface area contributed by atoms with Gasteiger partial charge in [-0.1, -0.05) is 20.8 Å². The number of hydrogen-bond acceptors (Lipinski definition) is 6. The molecule has 3 aliphatic heterocycles. The molecule has 1 aromatic rings. The first-order valence-electron chi connectivity index (χ1n) is 11.4. The SMILES string of the molecule is CC(C)(C)CCN1CCC2(CC1)CCN(Sc1ccc(N3CCOCC3)nc1)C2. The molecule has 1 spiro atoms. The molecule has 0 N–H and O–H groups in total. The van der Waals surface area contributed by atoms with Crippen LogP contribution in [0.4, 0.5) is 5.82 Å². The van der Waals surface area contributed by atoms with Gasteiger partial charge in [-0.3, -0.25) is 0 Å². The summed E-state index contributed by atoms with van der Waals surface area (Å²) in [4.78, 5) is 11.0. The summed E-state index contributed by atoms with van der Waals surface area (Å²) in [6.07, 6.45) is 7.43. The van der Waals surface area contributed by atoms with Crippen molar-refractivity contribution in [3.63, 3.8) is 0 Å². The summed E-state index contributed by atoms with van der Waals surface area (Å²) in [5.74, 6) is 1.08. The van der Waals surface area contributed by atoms with Gasteiger partial charge in [-0.2, -0.15) is 0 Å². The third-order valence-electron chi connectivity index (χ3n) is 6.79. The number of ether oxygens (including phenoxy) is 1. The number of nitrogens with zero attached hydrogens (tertiary/aromatic N) is 4. The fourth-order valence-electron chi connectivity index (χ4n) is 4.68. The lowest BCUT2D eigenvalue weighted by Crippen LogP contribution is -2.42. The molecule has 3 fully saturated rings. The molecule has 0 atom stereocenters. The fourth-order valence-corrected chi connectivity index (χ4v) is 5.73. The van der Waals surface area contributed by atoms with Gasteiger partial charge in [-0.15, -0.1) is 0 Å². The molecule has 0 aliphatic carbocycles. The van der Waals surface area contributed by atoms with E-state index in [9.17, 15) is 0 Å². The second-order valence-electron chi connectivity index (χ2n) is 10.3. The molecule has 3 aliphatic rings. The molecule has 0 radical (unpaired) electrons. The minimum Gasteiger partial charge on any atom is -0.378 e. The summed E-state index contributed by atoms with van der Waals surface area (Å²) in [6, 6.07) is 4.41. The van der Waals surface area contributed by atoms with Crippen molar-refractivity contribution in [2.45, 2.75) is 51.3 Å². The van der Waals surface area contributed by atoms with E-state index in [0.717, 1.165) is 32.1 Å². The van der Waals surface area contributed by atoms with E-state index in [1.54, 1.807) is 0 Å². The number of anilines is 1. The summed E-state index contributed by atoms with van der Waals surface area (Å²) in [5.41, 5.74) is 0.994. The lowest BCUT2D eigenvalue weighted by atomic mass is 9.77. The van der Waals surface area contributed by atoms with Crippen LogP contribution in [0.25, 0.3) is 0 Å². The Kier molecular flexibility index (Phi) is 6.74. The molecule has 5 nitrogen and oxygen atoms in total. The van der Waals surface area contributed by atoms with Crippen LogP contribution in [0, 0.1) is 10.8 Å². The number of morpholine rings is 1. The first-order valence-corrected chi connectivity index (χ1v) is 12.1. The van der Waals surface area contributed by atoms with Crippen LogP contribution in [0.15, 0.2) is 23.2 Å². The highest BCUT2D eigenvalue weighted by molar-refractivity contribution is 7.97. The third kappa shape index (κ3) is 5.87. The molecule has 4 rings (SSSR count). The predicted octanol–water partition coefficient (Wildman–Crippen LogP) is 4.15. The van der Waals surface area contributed by atoms with Gasteiger partial charge in [0.15, 0.2) is 0 Å². The van der Waals surface area contributed by atoms with Crippen molar-refractivity contribution < 1.29 is 4.74 Å². The van der Waals surface area contributed by atoms with Crippen LogP contribution in [-0.4, -0.2) is 73.2 Å². The van der Waals surface area contributed by atoms with Gasteiger partial charge in [0, 0.05) is 37.3 Å². The van der Waals surface area contributed by atoms with Crippen LogP contribution in [0.3, 0.4) is 0 Å². The maximum Gasteiger partial charge on any atom is 0.128 e. The molecule has 29 heavy (non-hydrogen) atoms. The number of pyridine rings is 1. The zero-order valence-electron chi connectivity index (χ0n) is 18.5. The van der Waals surface area contributed by atoms with Gasteiger partial charge in [0.2, 0.25) is 0 Å². The van der Waals surface area contributed by atoms with Crippen molar-refractivity contribution >= 4 is 17.8 Å². The van der Waals surface area contributed by atoms with E-state index >= 15 is 0 Å². The van der Waals surface area contributed by atoms with Crippen molar-refractivity contribution in [2.75, 3.05) is 63.9 Å². The quantitative estimate of drug-likeness (QED) is 0.668. The maximum absolute atomic E-state index is 5.44. The highest BCUT2D eigenvalue weighted by atomic mass is 32.2. The monoisotopic (exact) mass is 418 g/mol. The molecule has 0 unspecified atom stereocenters. The van der Waals surface area contributed by atoms with Gasteiger partial charge < -0.3 is 14.5 Å². The number of hydrogen-bond donors (Lipinski definition) is 0. The molecule has 0 bridgehead atoms. The van der Waals surface area contributed by atoms with Gasteiger partial charge in [0.05, 0.1) is 13.2 Å². The maximum atomic E-state index is 5.44. The van der Waals surface area contributed by atoms with Gasteiger partial charge >= 0.3 is 0 Å². The Morgan fingerprint density at radius 2 is 1.76 bits per heavy atom. The Balaban J connectivity index is 1.24. The van der Waals surface area contributed by atoms with E-state index in [1.165, 1.54) is 63.3 Å². The molecule has 3 saturated heterocycles. The van der Waals surface area contributed by atoms with Crippen molar-refractivity contribution in [3.05, 3.63) is 18.3 Å². The molecule has 0 amide bonds. The average Bonchev–Trinajstić information content (AvgIpc) is 3.10. The Bertz CT molecular complexity index is 646. The van der Waals surface area contributed by atoms with Crippen molar-refractivity contribution in [3.8, 4) is 0 Å². The summed E-state index contributed by atoms with van der Waals surface area (Å²) in [5, 5.41) is 0. The highest BCUT2D eigenvalue weighted by Gasteiger charge is 2.40. The fraction of sp³-hybridized carbons (Fsp3) is 0.783. The number of aromatic nitrogens is 1. The summed E-state index contributed by atoms with van der Waals surface area (Å²) >= 11 is 1.90. The van der Waals surface area contributed by atoms with Crippen LogP contribution in [0.5, 0.6) is 0 Å². The van der Waals surface area contributed by atoms with Gasteiger partial charge in [0.1, 0.15) is 5.82 Å². The van der Waals surface area contributed by atoms with Crippen molar-refractivity contribution in [1.82, 2.24) is 14.2 Å². The molecule has 162 valence electrons. The molecular weight excluding hydrogens is 380 g/mol. The summed E-state index contributed by atoms with van der Waals surface area (Å²) in [7, 11) is 0. The van der Waals surface area contributed by atoms with Crippen LogP contribution >= 0.6 is 11.9 Å². The molecule has 6 heteroatoms. The third-order valence-corrected chi connectivity index (χ3v) is 7.81. The number of likely N-dealkylation sites (tertiary alicyclic amines) is 1. The second-order valence-corrected chi connectivity index (χ2v) is 11.5. The molecular formula is C23H38N4OS. The van der Waals surface area contributed by atoms with E-state index in [2.05, 4.69) is 53.2 Å². The molecule has 1 aromatic heterocycles. The smallest absolute Gasteiger partial charge is 0.128 e. The Hall–Kier alpha value is -0.820. The summed E-state index contributed by atoms with van der Waals surface area (Å²) in [6.45, 7) is 16.8. The normalized spacial score (nSPS) is 23.8. The zero-order chi connectivity index (χ0) is 20.3. The Labute approximate surface area is 181 Å². The van der Waals surface area contributed by atoms with E-state index in [0.29, 0.717) is 10.8 Å². The number of rotatable bonds is 5. The van der Waals surface area contributed by atoms with Crippen LogP contribution in [-0.2, 0) is 4.74 Å². The second kappa shape index (κ2) is 9.13. The highest BCUT2D eigenvalue weighted by Crippen LogP contribution is 2.43. The van der Waals surface area contributed by atoms with Gasteiger partial charge in [-0.05, 0) is 80.2 Å². The standard InChI is InChI=1S/C23H38N4OS/c1-22(2,3)6-10-25-11-7-23(8-12-25)9-13-27(19-23)29-20-4-5-21(24-18-20)26-14-16-28-17-15-26/h4-5,18H,6-17,19H2,1-3H3. The Morgan fingerprint density at radius 1 is 1.03 bits per heavy atom.